The van der Waals surface area contributed by atoms with Crippen LogP contribution in [-0.4, -0.2) is 14.8 Å². The average Bonchev–Trinajstić information content (AvgIpc) is 2.73. The van der Waals surface area contributed by atoms with Gasteiger partial charge in [-0.25, -0.2) is 4.98 Å². The molecule has 2 heterocycles. The first-order chi connectivity index (χ1) is 10.3. The second-order valence-corrected chi connectivity index (χ2v) is 5.40. The van der Waals surface area contributed by atoms with Gasteiger partial charge in [-0.05, 0) is 25.1 Å². The van der Waals surface area contributed by atoms with E-state index in [1.54, 1.807) is 38.2 Å². The van der Waals surface area contributed by atoms with E-state index in [0.717, 1.165) is 6.07 Å². The molecule has 0 aliphatic heterocycles. The van der Waals surface area contributed by atoms with E-state index in [2.05, 4.69) is 10.1 Å². The number of rotatable bonds is 1. The van der Waals surface area contributed by atoms with Gasteiger partial charge >= 0.3 is 6.18 Å². The third-order valence-electron chi connectivity index (χ3n) is 3.41. The van der Waals surface area contributed by atoms with Crippen molar-refractivity contribution < 1.29 is 13.2 Å². The largest absolute Gasteiger partial charge is 0.417 e. The molecule has 22 heavy (non-hydrogen) atoms. The Morgan fingerprint density at radius 2 is 1.77 bits per heavy atom. The Morgan fingerprint density at radius 1 is 1.14 bits per heavy atom. The summed E-state index contributed by atoms with van der Waals surface area (Å²) in [7, 11) is 1.58. The van der Waals surface area contributed by atoms with Crippen LogP contribution in [0.1, 0.15) is 11.3 Å². The number of pyridine rings is 1. The molecule has 1 aromatic carbocycles. The van der Waals surface area contributed by atoms with Crippen molar-refractivity contribution in [1.82, 2.24) is 14.8 Å². The van der Waals surface area contributed by atoms with E-state index in [-0.39, 0.29) is 16.7 Å². The van der Waals surface area contributed by atoms with Crippen molar-refractivity contribution in [3.05, 3.63) is 46.6 Å². The zero-order valence-corrected chi connectivity index (χ0v) is 12.5. The summed E-state index contributed by atoms with van der Waals surface area (Å²) in [5, 5.41) is 4.59. The van der Waals surface area contributed by atoms with Gasteiger partial charge in [-0.2, -0.15) is 18.3 Å². The Hall–Kier alpha value is -2.08. The summed E-state index contributed by atoms with van der Waals surface area (Å²) >= 11 is 5.81. The van der Waals surface area contributed by atoms with Gasteiger partial charge in [0.1, 0.15) is 0 Å². The number of halogens is 4. The number of aryl methyl sites for hydroxylation is 2. The Balaban J connectivity index is 2.34. The normalized spacial score (nSPS) is 12.1. The van der Waals surface area contributed by atoms with E-state index in [4.69, 9.17) is 11.6 Å². The van der Waals surface area contributed by atoms with E-state index in [1.807, 2.05) is 0 Å². The molecule has 0 saturated carbocycles. The molecule has 0 aliphatic carbocycles. The molecule has 0 radical (unpaired) electrons. The highest BCUT2D eigenvalue weighted by Crippen LogP contribution is 2.37. The van der Waals surface area contributed by atoms with E-state index in [0.29, 0.717) is 16.3 Å². The number of hydrogen-bond donors (Lipinski definition) is 0. The molecule has 3 aromatic rings. The maximum Gasteiger partial charge on any atom is 0.417 e. The molecule has 0 amide bonds. The van der Waals surface area contributed by atoms with Gasteiger partial charge in [-0.3, -0.25) is 4.68 Å². The second kappa shape index (κ2) is 4.98. The van der Waals surface area contributed by atoms with Crippen molar-refractivity contribution in [1.29, 1.82) is 0 Å². The molecule has 7 heteroatoms. The summed E-state index contributed by atoms with van der Waals surface area (Å²) < 4.78 is 41.5. The van der Waals surface area contributed by atoms with Crippen LogP contribution in [0.5, 0.6) is 0 Å². The fourth-order valence-corrected chi connectivity index (χ4v) is 2.56. The molecule has 0 saturated heterocycles. The third kappa shape index (κ3) is 2.43. The van der Waals surface area contributed by atoms with Crippen molar-refractivity contribution >= 4 is 22.6 Å². The van der Waals surface area contributed by atoms with Crippen LogP contribution >= 0.6 is 11.6 Å². The lowest BCUT2D eigenvalue weighted by Gasteiger charge is -2.11. The van der Waals surface area contributed by atoms with E-state index in [9.17, 15) is 13.2 Å². The summed E-state index contributed by atoms with van der Waals surface area (Å²) in [5.74, 6) is 0. The van der Waals surface area contributed by atoms with Crippen LogP contribution < -0.4 is 0 Å². The summed E-state index contributed by atoms with van der Waals surface area (Å²) in [6, 6.07) is 7.56. The summed E-state index contributed by atoms with van der Waals surface area (Å²) in [6.07, 6.45) is -4.48. The molecule has 0 aliphatic rings. The van der Waals surface area contributed by atoms with Crippen molar-refractivity contribution in [3.63, 3.8) is 0 Å². The van der Waals surface area contributed by atoms with Crippen LogP contribution in [0.15, 0.2) is 30.3 Å². The van der Waals surface area contributed by atoms with Gasteiger partial charge in [0.15, 0.2) is 5.65 Å². The maximum atomic E-state index is 13.4. The van der Waals surface area contributed by atoms with Crippen LogP contribution in [-0.2, 0) is 13.2 Å². The van der Waals surface area contributed by atoms with Crippen molar-refractivity contribution in [2.75, 3.05) is 0 Å². The predicted molar refractivity (Wildman–Crippen MR) is 78.7 cm³/mol. The molecule has 0 N–H and O–H groups in total. The number of fused-ring (bicyclic) bond motifs is 1. The molecule has 114 valence electrons. The maximum absolute atomic E-state index is 13.4. The highest BCUT2D eigenvalue weighted by molar-refractivity contribution is 6.30. The first-order valence-corrected chi connectivity index (χ1v) is 6.82. The first kappa shape index (κ1) is 14.8. The minimum Gasteiger partial charge on any atom is -0.250 e. The Bertz CT molecular complexity index is 851. The zero-order valence-electron chi connectivity index (χ0n) is 11.7. The average molecular weight is 326 g/mol. The van der Waals surface area contributed by atoms with E-state index < -0.39 is 11.7 Å². The van der Waals surface area contributed by atoms with Gasteiger partial charge in [0.2, 0.25) is 0 Å². The van der Waals surface area contributed by atoms with Gasteiger partial charge in [-0.1, -0.05) is 23.7 Å². The predicted octanol–water partition coefficient (Wildman–Crippen LogP) is 4.62. The van der Waals surface area contributed by atoms with Gasteiger partial charge in [0.05, 0.1) is 22.3 Å². The Kier molecular flexibility index (Phi) is 3.36. The molecule has 0 spiro atoms. The lowest BCUT2D eigenvalue weighted by atomic mass is 10.1. The number of benzene rings is 1. The van der Waals surface area contributed by atoms with Crippen LogP contribution in [0.4, 0.5) is 13.2 Å². The number of alkyl halides is 3. The quantitative estimate of drug-likeness (QED) is 0.654. The Labute approximate surface area is 129 Å². The van der Waals surface area contributed by atoms with Crippen LogP contribution in [0, 0.1) is 6.92 Å². The lowest BCUT2D eigenvalue weighted by molar-refractivity contribution is -0.136. The third-order valence-corrected chi connectivity index (χ3v) is 3.67. The first-order valence-electron chi connectivity index (χ1n) is 6.45. The molecular weight excluding hydrogens is 315 g/mol. The Morgan fingerprint density at radius 3 is 2.36 bits per heavy atom. The van der Waals surface area contributed by atoms with Gasteiger partial charge in [0, 0.05) is 17.6 Å². The topological polar surface area (TPSA) is 30.7 Å². The van der Waals surface area contributed by atoms with Gasteiger partial charge in [0.25, 0.3) is 0 Å². The summed E-state index contributed by atoms with van der Waals surface area (Å²) in [6.45, 7) is 1.54. The van der Waals surface area contributed by atoms with E-state index >= 15 is 0 Å². The fraction of sp³-hybridized carbons (Fsp3) is 0.200. The highest BCUT2D eigenvalue weighted by atomic mass is 35.5. The van der Waals surface area contributed by atoms with Crippen molar-refractivity contribution in [2.45, 2.75) is 13.1 Å². The monoisotopic (exact) mass is 325 g/mol. The SMILES string of the molecule is Cc1nn(C)c2nc(-c3ccc(Cl)cc3)cc(C(F)(F)F)c12. The molecule has 0 fully saturated rings. The summed E-state index contributed by atoms with van der Waals surface area (Å²) in [4.78, 5) is 4.33. The minimum atomic E-state index is -4.48. The molecule has 0 bridgehead atoms. The second-order valence-electron chi connectivity index (χ2n) is 4.97. The van der Waals surface area contributed by atoms with Gasteiger partial charge < -0.3 is 0 Å². The number of nitrogens with zero attached hydrogens (tertiary/aromatic N) is 3. The molecular formula is C15H11ClF3N3. The van der Waals surface area contributed by atoms with E-state index in [1.165, 1.54) is 4.68 Å². The standard InChI is InChI=1S/C15H11ClF3N3/c1-8-13-11(15(17,18)19)7-12(20-14(13)22(2)21-8)9-3-5-10(16)6-4-9/h3-7H,1-2H3. The summed E-state index contributed by atoms with van der Waals surface area (Å²) in [5.41, 5.74) is 0.584. The lowest BCUT2D eigenvalue weighted by Crippen LogP contribution is -2.07. The molecule has 3 rings (SSSR count). The van der Waals surface area contributed by atoms with Crippen LogP contribution in [0.25, 0.3) is 22.3 Å². The number of aromatic nitrogens is 3. The fourth-order valence-electron chi connectivity index (χ4n) is 2.44. The minimum absolute atomic E-state index is 0.0349. The van der Waals surface area contributed by atoms with Gasteiger partial charge in [-0.15, -0.1) is 0 Å². The molecule has 2 aromatic heterocycles. The van der Waals surface area contributed by atoms with Crippen LogP contribution in [0.2, 0.25) is 5.02 Å². The molecule has 3 nitrogen and oxygen atoms in total. The highest BCUT2D eigenvalue weighted by Gasteiger charge is 2.35. The van der Waals surface area contributed by atoms with Crippen molar-refractivity contribution in [3.8, 4) is 11.3 Å². The van der Waals surface area contributed by atoms with Crippen LogP contribution in [0.3, 0.4) is 0 Å². The van der Waals surface area contributed by atoms with Crippen molar-refractivity contribution in [2.24, 2.45) is 7.05 Å². The number of hydrogen-bond acceptors (Lipinski definition) is 2. The smallest absolute Gasteiger partial charge is 0.250 e. The zero-order chi connectivity index (χ0) is 16.1. The molecule has 0 atom stereocenters. The molecule has 0 unspecified atom stereocenters.